The summed E-state index contributed by atoms with van der Waals surface area (Å²) in [6.45, 7) is 7.88. The summed E-state index contributed by atoms with van der Waals surface area (Å²) in [4.78, 5) is 0. The minimum Gasteiger partial charge on any atom is -0.492 e. The summed E-state index contributed by atoms with van der Waals surface area (Å²) in [5.74, 6) is 7.94. The Kier molecular flexibility index (Phi) is 4.44. The molecule has 0 unspecified atom stereocenters. The zero-order chi connectivity index (χ0) is 15.6. The number of ether oxygens (including phenoxy) is 3. The maximum atomic E-state index is 9.69. The van der Waals surface area contributed by atoms with Gasteiger partial charge in [-0.3, -0.25) is 0 Å². The van der Waals surface area contributed by atoms with Crippen LogP contribution in [-0.2, 0) is 6.61 Å². The maximum Gasteiger partial charge on any atom is 0.231 e. The third-order valence-electron chi connectivity index (χ3n) is 3.60. The number of hydrogen-bond acceptors (Lipinski definition) is 4. The van der Waals surface area contributed by atoms with Gasteiger partial charge in [0.15, 0.2) is 11.5 Å². The molecule has 0 aromatic heterocycles. The van der Waals surface area contributed by atoms with Crippen molar-refractivity contribution in [2.24, 2.45) is 0 Å². The van der Waals surface area contributed by atoms with Gasteiger partial charge in [0.2, 0.25) is 12.5 Å². The van der Waals surface area contributed by atoms with E-state index in [4.69, 9.17) is 14.2 Å². The predicted octanol–water partition coefficient (Wildman–Crippen LogP) is 2.93. The van der Waals surface area contributed by atoms with Crippen molar-refractivity contribution < 1.29 is 19.3 Å². The Bertz CT molecular complexity index is 656. The molecule has 0 fully saturated rings. The number of rotatable bonds is 2. The fourth-order valence-electron chi connectivity index (χ4n) is 2.14. The molecular weight excluding hydrogens is 268 g/mol. The van der Waals surface area contributed by atoms with Crippen LogP contribution in [0.5, 0.6) is 17.2 Å². The standard InChI is InChI=1S/C17H20O4/c1-10(2)11(3)6-7-13-12(4)15(19-5)17-16(14(13)8-18)20-9-21-17/h18H,8-9H2,1-5H3. The van der Waals surface area contributed by atoms with Crippen molar-refractivity contribution in [1.82, 2.24) is 0 Å². The molecule has 4 heteroatoms. The lowest BCUT2D eigenvalue weighted by Gasteiger charge is -2.14. The first kappa shape index (κ1) is 15.3. The molecule has 0 radical (unpaired) electrons. The quantitative estimate of drug-likeness (QED) is 0.850. The van der Waals surface area contributed by atoms with E-state index in [-0.39, 0.29) is 13.4 Å². The normalized spacial score (nSPS) is 11.7. The zero-order valence-corrected chi connectivity index (χ0v) is 13.1. The molecule has 0 saturated carbocycles. The molecule has 1 aliphatic rings. The van der Waals surface area contributed by atoms with Gasteiger partial charge in [0.25, 0.3) is 0 Å². The van der Waals surface area contributed by atoms with Crippen molar-refractivity contribution in [3.05, 3.63) is 27.8 Å². The van der Waals surface area contributed by atoms with E-state index >= 15 is 0 Å². The molecule has 0 aliphatic carbocycles. The first-order chi connectivity index (χ1) is 10.0. The Hall–Kier alpha value is -2.12. The van der Waals surface area contributed by atoms with Crippen molar-refractivity contribution >= 4 is 0 Å². The van der Waals surface area contributed by atoms with Crippen molar-refractivity contribution in [2.45, 2.75) is 34.3 Å². The topological polar surface area (TPSA) is 47.9 Å². The maximum absolute atomic E-state index is 9.69. The molecule has 2 rings (SSSR count). The number of fused-ring (bicyclic) bond motifs is 1. The highest BCUT2D eigenvalue weighted by molar-refractivity contribution is 5.68. The van der Waals surface area contributed by atoms with Gasteiger partial charge in [0, 0.05) is 16.7 Å². The number of aliphatic hydroxyl groups excluding tert-OH is 1. The Labute approximate surface area is 125 Å². The van der Waals surface area contributed by atoms with Crippen LogP contribution in [0.2, 0.25) is 0 Å². The summed E-state index contributed by atoms with van der Waals surface area (Å²) >= 11 is 0. The Balaban J connectivity index is 2.68. The van der Waals surface area contributed by atoms with E-state index in [1.165, 1.54) is 5.57 Å². The van der Waals surface area contributed by atoms with E-state index in [0.717, 1.165) is 16.7 Å². The molecule has 112 valence electrons. The minimum atomic E-state index is -0.158. The highest BCUT2D eigenvalue weighted by atomic mass is 16.7. The van der Waals surface area contributed by atoms with Crippen molar-refractivity contribution in [2.75, 3.05) is 13.9 Å². The van der Waals surface area contributed by atoms with Crippen LogP contribution in [-0.4, -0.2) is 19.0 Å². The number of methoxy groups -OCH3 is 1. The molecule has 0 spiro atoms. The smallest absolute Gasteiger partial charge is 0.231 e. The van der Waals surface area contributed by atoms with E-state index in [1.54, 1.807) is 7.11 Å². The summed E-state index contributed by atoms with van der Waals surface area (Å²) in [6, 6.07) is 0. The van der Waals surface area contributed by atoms with Gasteiger partial charge in [-0.2, -0.15) is 0 Å². The summed E-state index contributed by atoms with van der Waals surface area (Å²) in [6.07, 6.45) is 0. The molecule has 1 aromatic rings. The molecule has 0 saturated heterocycles. The molecule has 4 nitrogen and oxygen atoms in total. The molecule has 21 heavy (non-hydrogen) atoms. The fraction of sp³-hybridized carbons (Fsp3) is 0.412. The van der Waals surface area contributed by atoms with Crippen LogP contribution in [0.3, 0.4) is 0 Å². The van der Waals surface area contributed by atoms with Crippen molar-refractivity contribution in [3.63, 3.8) is 0 Å². The van der Waals surface area contributed by atoms with E-state index in [9.17, 15) is 5.11 Å². The summed E-state index contributed by atoms with van der Waals surface area (Å²) in [5.41, 5.74) is 4.40. The molecule has 1 aliphatic heterocycles. The van der Waals surface area contributed by atoms with Crippen LogP contribution in [0, 0.1) is 18.8 Å². The van der Waals surface area contributed by atoms with Crippen molar-refractivity contribution in [1.29, 1.82) is 0 Å². The second kappa shape index (κ2) is 6.11. The highest BCUT2D eigenvalue weighted by Crippen LogP contribution is 2.47. The lowest BCUT2D eigenvalue weighted by molar-refractivity contribution is 0.168. The predicted molar refractivity (Wildman–Crippen MR) is 80.7 cm³/mol. The lowest BCUT2D eigenvalue weighted by atomic mass is 9.99. The molecular formula is C17H20O4. The van der Waals surface area contributed by atoms with Gasteiger partial charge in [-0.15, -0.1) is 0 Å². The van der Waals surface area contributed by atoms with E-state index in [0.29, 0.717) is 22.8 Å². The first-order valence-electron chi connectivity index (χ1n) is 6.77. The van der Waals surface area contributed by atoms with Gasteiger partial charge < -0.3 is 19.3 Å². The summed E-state index contributed by atoms with van der Waals surface area (Å²) in [7, 11) is 1.58. The minimum absolute atomic E-state index is 0.127. The highest BCUT2D eigenvalue weighted by Gasteiger charge is 2.28. The third kappa shape index (κ3) is 2.70. The van der Waals surface area contributed by atoms with Crippen LogP contribution in [0.4, 0.5) is 0 Å². The second-order valence-corrected chi connectivity index (χ2v) is 5.11. The van der Waals surface area contributed by atoms with Gasteiger partial charge in [-0.05, 0) is 33.3 Å². The summed E-state index contributed by atoms with van der Waals surface area (Å²) < 4.78 is 16.3. The molecule has 0 amide bonds. The van der Waals surface area contributed by atoms with Gasteiger partial charge in [0.05, 0.1) is 13.7 Å². The molecule has 1 heterocycles. The monoisotopic (exact) mass is 288 g/mol. The van der Waals surface area contributed by atoms with Crippen LogP contribution in [0.15, 0.2) is 11.1 Å². The van der Waals surface area contributed by atoms with Gasteiger partial charge >= 0.3 is 0 Å². The molecule has 0 atom stereocenters. The summed E-state index contributed by atoms with van der Waals surface area (Å²) in [5, 5.41) is 9.69. The zero-order valence-electron chi connectivity index (χ0n) is 13.1. The van der Waals surface area contributed by atoms with Crippen LogP contribution < -0.4 is 14.2 Å². The Morgan fingerprint density at radius 1 is 1.24 bits per heavy atom. The number of aliphatic hydroxyl groups is 1. The van der Waals surface area contributed by atoms with Crippen LogP contribution in [0.25, 0.3) is 0 Å². The average Bonchev–Trinajstić information content (AvgIpc) is 2.93. The van der Waals surface area contributed by atoms with Crippen LogP contribution in [0.1, 0.15) is 37.5 Å². The Morgan fingerprint density at radius 3 is 2.48 bits per heavy atom. The van der Waals surface area contributed by atoms with Gasteiger partial charge in [-0.1, -0.05) is 17.4 Å². The number of hydrogen-bond donors (Lipinski definition) is 1. The van der Waals surface area contributed by atoms with Crippen LogP contribution >= 0.6 is 0 Å². The molecule has 1 aromatic carbocycles. The molecule has 0 bridgehead atoms. The largest absolute Gasteiger partial charge is 0.492 e. The lowest BCUT2D eigenvalue weighted by Crippen LogP contribution is -1.99. The molecule has 1 N–H and O–H groups in total. The SMILES string of the molecule is COc1c(C)c(C#CC(C)=C(C)C)c(CO)c2c1OCO2. The second-order valence-electron chi connectivity index (χ2n) is 5.11. The number of benzene rings is 1. The van der Waals surface area contributed by atoms with E-state index in [2.05, 4.69) is 11.8 Å². The third-order valence-corrected chi connectivity index (χ3v) is 3.60. The van der Waals surface area contributed by atoms with E-state index < -0.39 is 0 Å². The van der Waals surface area contributed by atoms with E-state index in [1.807, 2.05) is 27.7 Å². The van der Waals surface area contributed by atoms with Gasteiger partial charge in [-0.25, -0.2) is 0 Å². The first-order valence-corrected chi connectivity index (χ1v) is 6.77. The number of allylic oxidation sites excluding steroid dienone is 2. The Morgan fingerprint density at radius 2 is 1.90 bits per heavy atom. The fourth-order valence-corrected chi connectivity index (χ4v) is 2.14. The van der Waals surface area contributed by atoms with Crippen molar-refractivity contribution in [3.8, 4) is 29.1 Å². The van der Waals surface area contributed by atoms with Gasteiger partial charge in [0.1, 0.15) is 0 Å². The average molecular weight is 288 g/mol.